The standard InChI is InChI=1S/C19H25NO2/c1-5-19(22-18(21)10(2)3)9-12-7-14(19)17-11-6-13(16(12)17)15(8-11)20-4/h11-17H,2,5-9H2,1,3H3. The summed E-state index contributed by atoms with van der Waals surface area (Å²) in [7, 11) is 0. The molecule has 22 heavy (non-hydrogen) atoms. The lowest BCUT2D eigenvalue weighted by atomic mass is 9.64. The molecule has 0 aromatic rings. The van der Waals surface area contributed by atoms with Crippen LogP contribution in [-0.2, 0) is 9.53 Å². The van der Waals surface area contributed by atoms with Gasteiger partial charge in [-0.1, -0.05) is 13.5 Å². The van der Waals surface area contributed by atoms with Crippen molar-refractivity contribution in [2.45, 2.75) is 57.6 Å². The van der Waals surface area contributed by atoms with E-state index in [2.05, 4.69) is 18.3 Å². The number of fused-ring (bicyclic) bond motifs is 9. The highest BCUT2D eigenvalue weighted by molar-refractivity contribution is 5.87. The SMILES string of the molecule is [C-]#[N+]C1CC2CC1C1C3CC(C21)C(CC)(OC(=O)C(=C)C)C3. The molecule has 3 heteroatoms. The van der Waals surface area contributed by atoms with Crippen LogP contribution in [0, 0.1) is 42.1 Å². The number of carbonyl (C=O) groups excluding carboxylic acids is 1. The average Bonchev–Trinajstić information content (AvgIpc) is 3.23. The van der Waals surface area contributed by atoms with Gasteiger partial charge < -0.3 is 9.58 Å². The summed E-state index contributed by atoms with van der Waals surface area (Å²) >= 11 is 0. The van der Waals surface area contributed by atoms with Crippen molar-refractivity contribution in [2.75, 3.05) is 0 Å². The molecule has 0 N–H and O–H groups in total. The van der Waals surface area contributed by atoms with Gasteiger partial charge in [0, 0.05) is 23.8 Å². The molecule has 3 nitrogen and oxygen atoms in total. The van der Waals surface area contributed by atoms with E-state index in [1.165, 1.54) is 12.8 Å². The molecule has 8 unspecified atom stereocenters. The molecule has 0 spiro atoms. The van der Waals surface area contributed by atoms with Crippen LogP contribution in [0.25, 0.3) is 4.85 Å². The fourth-order valence-corrected chi connectivity index (χ4v) is 6.71. The first-order valence-corrected chi connectivity index (χ1v) is 8.76. The zero-order chi connectivity index (χ0) is 15.6. The van der Waals surface area contributed by atoms with Crippen LogP contribution < -0.4 is 0 Å². The van der Waals surface area contributed by atoms with Gasteiger partial charge in [0.05, 0.1) is 0 Å². The summed E-state index contributed by atoms with van der Waals surface area (Å²) in [5.74, 6) is 3.77. The number of rotatable bonds is 3. The highest BCUT2D eigenvalue weighted by atomic mass is 16.6. The van der Waals surface area contributed by atoms with Crippen LogP contribution in [0.2, 0.25) is 0 Å². The molecule has 0 radical (unpaired) electrons. The molecule has 118 valence electrons. The third-order valence-electron chi connectivity index (χ3n) is 7.35. The first-order valence-electron chi connectivity index (χ1n) is 8.76. The Bertz CT molecular complexity index is 576. The monoisotopic (exact) mass is 299 g/mol. The lowest BCUT2D eigenvalue weighted by molar-refractivity contribution is -0.167. The van der Waals surface area contributed by atoms with Gasteiger partial charge in [0.25, 0.3) is 0 Å². The van der Waals surface area contributed by atoms with Gasteiger partial charge in [-0.2, -0.15) is 0 Å². The Labute approximate surface area is 132 Å². The molecule has 0 heterocycles. The Kier molecular flexibility index (Phi) is 2.99. The van der Waals surface area contributed by atoms with E-state index in [4.69, 9.17) is 11.3 Å². The van der Waals surface area contributed by atoms with Gasteiger partial charge in [-0.05, 0) is 56.3 Å². The van der Waals surface area contributed by atoms with Crippen LogP contribution in [0.5, 0.6) is 0 Å². The minimum Gasteiger partial charge on any atom is -0.455 e. The normalized spacial score (nSPS) is 50.7. The van der Waals surface area contributed by atoms with Gasteiger partial charge in [0.2, 0.25) is 6.04 Å². The van der Waals surface area contributed by atoms with Crippen molar-refractivity contribution in [3.8, 4) is 0 Å². The quantitative estimate of drug-likeness (QED) is 0.343. The van der Waals surface area contributed by atoms with E-state index < -0.39 is 0 Å². The first-order chi connectivity index (χ1) is 10.5. The summed E-state index contributed by atoms with van der Waals surface area (Å²) in [4.78, 5) is 16.0. The molecule has 0 aromatic carbocycles. The second kappa shape index (κ2) is 4.60. The highest BCUT2D eigenvalue weighted by Gasteiger charge is 2.70. The third-order valence-corrected chi connectivity index (χ3v) is 7.35. The molecule has 0 saturated heterocycles. The minimum absolute atomic E-state index is 0.215. The molecule has 4 aliphatic carbocycles. The average molecular weight is 299 g/mol. The number of nitrogens with zero attached hydrogens (tertiary/aromatic N) is 1. The molecule has 4 fully saturated rings. The molecule has 0 aliphatic heterocycles. The predicted molar refractivity (Wildman–Crippen MR) is 83.7 cm³/mol. The van der Waals surface area contributed by atoms with Gasteiger partial charge in [-0.3, -0.25) is 0 Å². The largest absolute Gasteiger partial charge is 0.455 e. The number of carbonyl (C=O) groups is 1. The lowest BCUT2D eigenvalue weighted by Gasteiger charge is -2.45. The van der Waals surface area contributed by atoms with Crippen molar-refractivity contribution in [1.82, 2.24) is 0 Å². The van der Waals surface area contributed by atoms with Crippen molar-refractivity contribution in [2.24, 2.45) is 35.5 Å². The van der Waals surface area contributed by atoms with Crippen molar-refractivity contribution in [1.29, 1.82) is 0 Å². The lowest BCUT2D eigenvalue weighted by Crippen LogP contribution is -2.48. The predicted octanol–water partition coefficient (Wildman–Crippen LogP) is 3.85. The number of ether oxygens (including phenoxy) is 1. The van der Waals surface area contributed by atoms with Gasteiger partial charge in [-0.25, -0.2) is 11.4 Å². The van der Waals surface area contributed by atoms with Crippen LogP contribution >= 0.6 is 0 Å². The van der Waals surface area contributed by atoms with Crippen molar-refractivity contribution in [3.63, 3.8) is 0 Å². The molecule has 4 bridgehead atoms. The molecule has 0 amide bonds. The van der Waals surface area contributed by atoms with E-state index in [9.17, 15) is 4.79 Å². The van der Waals surface area contributed by atoms with E-state index in [0.717, 1.165) is 25.2 Å². The summed E-state index contributed by atoms with van der Waals surface area (Å²) in [6.07, 6.45) is 5.49. The summed E-state index contributed by atoms with van der Waals surface area (Å²) in [6, 6.07) is 0.277. The molecular formula is C19H25NO2. The fraction of sp³-hybridized carbons (Fsp3) is 0.789. The Hall–Kier alpha value is -1.30. The molecule has 0 aromatic heterocycles. The fourth-order valence-electron chi connectivity index (χ4n) is 6.71. The summed E-state index contributed by atoms with van der Waals surface area (Å²) < 4.78 is 6.01. The zero-order valence-electron chi connectivity index (χ0n) is 13.5. The Morgan fingerprint density at radius 1 is 1.32 bits per heavy atom. The molecule has 8 atom stereocenters. The molecular weight excluding hydrogens is 274 g/mol. The Morgan fingerprint density at radius 3 is 2.73 bits per heavy atom. The molecule has 4 rings (SSSR count). The van der Waals surface area contributed by atoms with E-state index in [-0.39, 0.29) is 17.6 Å². The van der Waals surface area contributed by atoms with Crippen LogP contribution in [0.15, 0.2) is 12.2 Å². The van der Waals surface area contributed by atoms with Gasteiger partial charge in [-0.15, -0.1) is 0 Å². The zero-order valence-corrected chi connectivity index (χ0v) is 13.5. The van der Waals surface area contributed by atoms with Crippen LogP contribution in [0.3, 0.4) is 0 Å². The summed E-state index contributed by atoms with van der Waals surface area (Å²) in [6.45, 7) is 15.1. The van der Waals surface area contributed by atoms with Gasteiger partial charge >= 0.3 is 5.97 Å². The summed E-state index contributed by atoms with van der Waals surface area (Å²) in [5.41, 5.74) is 0.258. The van der Waals surface area contributed by atoms with E-state index in [0.29, 0.717) is 35.2 Å². The maximum absolute atomic E-state index is 12.1. The molecule has 4 saturated carbocycles. The van der Waals surface area contributed by atoms with E-state index in [1.807, 2.05) is 0 Å². The number of hydrogen-bond donors (Lipinski definition) is 0. The minimum atomic E-state index is -0.250. The molecule has 4 aliphatic rings. The summed E-state index contributed by atoms with van der Waals surface area (Å²) in [5, 5.41) is 0. The van der Waals surface area contributed by atoms with Crippen molar-refractivity contribution < 1.29 is 9.53 Å². The van der Waals surface area contributed by atoms with E-state index in [1.54, 1.807) is 6.92 Å². The smallest absolute Gasteiger partial charge is 0.333 e. The van der Waals surface area contributed by atoms with Crippen LogP contribution in [0.1, 0.15) is 46.0 Å². The van der Waals surface area contributed by atoms with Crippen molar-refractivity contribution >= 4 is 5.97 Å². The van der Waals surface area contributed by atoms with Crippen molar-refractivity contribution in [3.05, 3.63) is 23.6 Å². The van der Waals surface area contributed by atoms with Crippen LogP contribution in [-0.4, -0.2) is 17.6 Å². The third kappa shape index (κ3) is 1.64. The van der Waals surface area contributed by atoms with E-state index >= 15 is 0 Å². The Morgan fingerprint density at radius 2 is 2.09 bits per heavy atom. The topological polar surface area (TPSA) is 30.7 Å². The second-order valence-corrected chi connectivity index (χ2v) is 8.14. The first kappa shape index (κ1) is 14.3. The maximum Gasteiger partial charge on any atom is 0.333 e. The highest BCUT2D eigenvalue weighted by Crippen LogP contribution is 2.71. The van der Waals surface area contributed by atoms with Crippen LogP contribution in [0.4, 0.5) is 0 Å². The van der Waals surface area contributed by atoms with Gasteiger partial charge in [0.1, 0.15) is 5.60 Å². The maximum atomic E-state index is 12.1. The second-order valence-electron chi connectivity index (χ2n) is 8.14. The van der Waals surface area contributed by atoms with Gasteiger partial charge in [0.15, 0.2) is 0 Å². The number of hydrogen-bond acceptors (Lipinski definition) is 2. The number of esters is 1. The Balaban J connectivity index is 1.61.